The molecule has 0 aromatic heterocycles. The molecule has 0 aliphatic carbocycles. The fourth-order valence-corrected chi connectivity index (χ4v) is 1.07. The standard InChI is InChI=1S/C11H23N2/c1-3-5-7-9-12-11-13-10-8-6-4-2/h3-10H2,1-2H3,(H,12,13). The zero-order valence-electron chi connectivity index (χ0n) is 9.10. The lowest BCUT2D eigenvalue weighted by Crippen LogP contribution is -2.12. The second-order valence-corrected chi connectivity index (χ2v) is 3.33. The molecule has 0 atom stereocenters. The summed E-state index contributed by atoms with van der Waals surface area (Å²) in [4.78, 5) is 4.15. The van der Waals surface area contributed by atoms with Crippen molar-refractivity contribution in [3.8, 4) is 0 Å². The van der Waals surface area contributed by atoms with Gasteiger partial charge < -0.3 is 5.32 Å². The van der Waals surface area contributed by atoms with Crippen LogP contribution in [0.1, 0.15) is 52.4 Å². The molecule has 0 spiro atoms. The molecule has 0 heterocycles. The van der Waals surface area contributed by atoms with Crippen molar-refractivity contribution in [1.82, 2.24) is 5.32 Å². The summed E-state index contributed by atoms with van der Waals surface area (Å²) in [7, 11) is 0. The minimum Gasteiger partial charge on any atom is -0.367 e. The van der Waals surface area contributed by atoms with Crippen LogP contribution in [0.2, 0.25) is 0 Å². The van der Waals surface area contributed by atoms with Crippen molar-refractivity contribution >= 4 is 6.34 Å². The second kappa shape index (κ2) is 11.5. The Bertz CT molecular complexity index is 111. The number of hydrogen-bond donors (Lipinski definition) is 1. The van der Waals surface area contributed by atoms with Gasteiger partial charge >= 0.3 is 0 Å². The third kappa shape index (κ3) is 11.5. The molecule has 77 valence electrons. The lowest BCUT2D eigenvalue weighted by molar-refractivity contribution is 0.695. The van der Waals surface area contributed by atoms with Crippen molar-refractivity contribution in [2.45, 2.75) is 52.4 Å². The van der Waals surface area contributed by atoms with Gasteiger partial charge in [0.1, 0.15) is 0 Å². The van der Waals surface area contributed by atoms with Crippen LogP contribution in [0, 0.1) is 0 Å². The van der Waals surface area contributed by atoms with Crippen LogP contribution in [-0.2, 0) is 0 Å². The minimum atomic E-state index is 0.925. The van der Waals surface area contributed by atoms with Crippen LogP contribution in [0.5, 0.6) is 0 Å². The molecular weight excluding hydrogens is 160 g/mol. The van der Waals surface area contributed by atoms with E-state index < -0.39 is 0 Å². The van der Waals surface area contributed by atoms with Gasteiger partial charge in [0, 0.05) is 13.1 Å². The fraction of sp³-hybridized carbons (Fsp3) is 0.909. The Kier molecular flexibility index (Phi) is 11.0. The van der Waals surface area contributed by atoms with Gasteiger partial charge in [-0.05, 0) is 12.8 Å². The summed E-state index contributed by atoms with van der Waals surface area (Å²) in [6.45, 7) is 6.36. The highest BCUT2D eigenvalue weighted by molar-refractivity contribution is 5.53. The van der Waals surface area contributed by atoms with Crippen molar-refractivity contribution < 1.29 is 0 Å². The van der Waals surface area contributed by atoms with Gasteiger partial charge in [0.25, 0.3) is 0 Å². The van der Waals surface area contributed by atoms with E-state index >= 15 is 0 Å². The van der Waals surface area contributed by atoms with Gasteiger partial charge in [0.2, 0.25) is 0 Å². The molecule has 0 aromatic carbocycles. The van der Waals surface area contributed by atoms with E-state index in [1.807, 2.05) is 0 Å². The van der Waals surface area contributed by atoms with E-state index in [2.05, 4.69) is 30.5 Å². The maximum absolute atomic E-state index is 4.15. The van der Waals surface area contributed by atoms with E-state index in [1.165, 1.54) is 38.5 Å². The highest BCUT2D eigenvalue weighted by atomic mass is 14.9. The summed E-state index contributed by atoms with van der Waals surface area (Å²) in [5.41, 5.74) is 0. The topological polar surface area (TPSA) is 24.4 Å². The van der Waals surface area contributed by atoms with Crippen LogP contribution in [-0.4, -0.2) is 19.4 Å². The smallest absolute Gasteiger partial charge is 0.164 e. The lowest BCUT2D eigenvalue weighted by atomic mass is 10.2. The maximum Gasteiger partial charge on any atom is 0.164 e. The molecule has 2 nitrogen and oxygen atoms in total. The van der Waals surface area contributed by atoms with Gasteiger partial charge in [-0.1, -0.05) is 39.5 Å². The van der Waals surface area contributed by atoms with Gasteiger partial charge in [-0.3, -0.25) is 4.99 Å². The second-order valence-electron chi connectivity index (χ2n) is 3.33. The average molecular weight is 183 g/mol. The summed E-state index contributed by atoms with van der Waals surface area (Å²) in [6.07, 6.45) is 10.4. The number of rotatable bonds is 9. The molecule has 0 aliphatic rings. The van der Waals surface area contributed by atoms with Crippen LogP contribution in [0.15, 0.2) is 4.99 Å². The van der Waals surface area contributed by atoms with Crippen LogP contribution < -0.4 is 5.32 Å². The quantitative estimate of drug-likeness (QED) is 0.253. The molecule has 1 radical (unpaired) electrons. The maximum atomic E-state index is 4.15. The molecule has 0 amide bonds. The monoisotopic (exact) mass is 183 g/mol. The number of nitrogens with one attached hydrogen (secondary N) is 1. The molecule has 0 rings (SSSR count). The van der Waals surface area contributed by atoms with E-state index in [4.69, 9.17) is 0 Å². The van der Waals surface area contributed by atoms with Crippen LogP contribution in [0.25, 0.3) is 0 Å². The fourth-order valence-electron chi connectivity index (χ4n) is 1.07. The van der Waals surface area contributed by atoms with Crippen molar-refractivity contribution in [2.24, 2.45) is 4.99 Å². The first-order valence-corrected chi connectivity index (χ1v) is 5.56. The molecule has 0 bridgehead atoms. The Morgan fingerprint density at radius 3 is 2.38 bits per heavy atom. The first kappa shape index (κ1) is 12.5. The molecular formula is C11H23N2. The van der Waals surface area contributed by atoms with Crippen LogP contribution >= 0.6 is 0 Å². The number of unbranched alkanes of at least 4 members (excludes halogenated alkanes) is 4. The van der Waals surface area contributed by atoms with Crippen molar-refractivity contribution in [2.75, 3.05) is 13.1 Å². The summed E-state index contributed by atoms with van der Waals surface area (Å²) in [5, 5.41) is 3.08. The Balaban J connectivity index is 2.95. The largest absolute Gasteiger partial charge is 0.367 e. The van der Waals surface area contributed by atoms with Gasteiger partial charge in [0.05, 0.1) is 0 Å². The van der Waals surface area contributed by atoms with E-state index in [1.54, 1.807) is 0 Å². The highest BCUT2D eigenvalue weighted by Crippen LogP contribution is 1.93. The molecule has 0 unspecified atom stereocenters. The molecule has 0 aromatic rings. The molecule has 13 heavy (non-hydrogen) atoms. The van der Waals surface area contributed by atoms with Crippen molar-refractivity contribution in [3.05, 3.63) is 0 Å². The van der Waals surface area contributed by atoms with Crippen LogP contribution in [0.4, 0.5) is 0 Å². The van der Waals surface area contributed by atoms with Crippen LogP contribution in [0.3, 0.4) is 0 Å². The predicted molar refractivity (Wildman–Crippen MR) is 59.4 cm³/mol. The third-order valence-electron chi connectivity index (χ3n) is 1.94. The number of hydrogen-bond acceptors (Lipinski definition) is 1. The summed E-state index contributed by atoms with van der Waals surface area (Å²) in [6, 6.07) is 0. The Morgan fingerprint density at radius 1 is 1.00 bits per heavy atom. The molecule has 0 fully saturated rings. The first-order chi connectivity index (χ1) is 6.41. The van der Waals surface area contributed by atoms with Gasteiger partial charge in [-0.25, -0.2) is 0 Å². The molecule has 0 saturated heterocycles. The summed E-state index contributed by atoms with van der Waals surface area (Å²) >= 11 is 0. The summed E-state index contributed by atoms with van der Waals surface area (Å²) in [5.74, 6) is 0. The van der Waals surface area contributed by atoms with Gasteiger partial charge in [-0.2, -0.15) is 0 Å². The van der Waals surface area contributed by atoms with E-state index in [9.17, 15) is 0 Å². The Labute approximate surface area is 82.8 Å². The van der Waals surface area contributed by atoms with Crippen molar-refractivity contribution in [3.63, 3.8) is 0 Å². The Hall–Kier alpha value is -0.530. The minimum absolute atomic E-state index is 0.925. The average Bonchev–Trinajstić information content (AvgIpc) is 2.16. The SMILES string of the molecule is CCCCC/N=[C]\NCCCCC. The lowest BCUT2D eigenvalue weighted by Gasteiger charge is -1.97. The zero-order valence-corrected chi connectivity index (χ0v) is 9.10. The Morgan fingerprint density at radius 2 is 1.69 bits per heavy atom. The normalized spacial score (nSPS) is 10.9. The van der Waals surface area contributed by atoms with E-state index in [0.717, 1.165) is 13.1 Å². The van der Waals surface area contributed by atoms with E-state index in [0.29, 0.717) is 0 Å². The number of nitrogens with zero attached hydrogens (tertiary/aromatic N) is 1. The predicted octanol–water partition coefficient (Wildman–Crippen LogP) is 2.86. The number of aliphatic imine (C=N–C) groups is 1. The molecule has 2 heteroatoms. The highest BCUT2D eigenvalue weighted by Gasteiger charge is 1.84. The van der Waals surface area contributed by atoms with Gasteiger partial charge in [0.15, 0.2) is 6.34 Å². The third-order valence-corrected chi connectivity index (χ3v) is 1.94. The van der Waals surface area contributed by atoms with E-state index in [-0.39, 0.29) is 0 Å². The first-order valence-electron chi connectivity index (χ1n) is 5.56. The molecule has 0 aliphatic heterocycles. The summed E-state index contributed by atoms with van der Waals surface area (Å²) < 4.78 is 0. The van der Waals surface area contributed by atoms with Gasteiger partial charge in [-0.15, -0.1) is 0 Å². The van der Waals surface area contributed by atoms with Crippen molar-refractivity contribution in [1.29, 1.82) is 0 Å². The zero-order chi connectivity index (χ0) is 9.78. The molecule has 0 saturated carbocycles. The molecule has 1 N–H and O–H groups in total.